The number of amides is 2. The molecule has 4 aromatic carbocycles. The Morgan fingerprint density at radius 2 is 1.29 bits per heavy atom. The average Bonchev–Trinajstić information content (AvgIpc) is 3.00. The van der Waals surface area contributed by atoms with Gasteiger partial charge in [-0.15, -0.1) is 0 Å². The van der Waals surface area contributed by atoms with E-state index in [-0.39, 0.29) is 11.8 Å². The van der Waals surface area contributed by atoms with E-state index < -0.39 is 5.41 Å². The molecule has 0 saturated carbocycles. The van der Waals surface area contributed by atoms with Crippen molar-refractivity contribution in [3.63, 3.8) is 0 Å². The van der Waals surface area contributed by atoms with Crippen molar-refractivity contribution >= 4 is 11.8 Å². The van der Waals surface area contributed by atoms with Crippen LogP contribution in [0.1, 0.15) is 36.0 Å². The average molecular weight is 503 g/mol. The zero-order chi connectivity index (χ0) is 26.2. The van der Waals surface area contributed by atoms with E-state index in [1.807, 2.05) is 83.8 Å². The summed E-state index contributed by atoms with van der Waals surface area (Å²) in [7, 11) is 0. The van der Waals surface area contributed by atoms with Crippen LogP contribution in [0.3, 0.4) is 0 Å². The minimum Gasteiger partial charge on any atom is -0.351 e. The van der Waals surface area contributed by atoms with Gasteiger partial charge in [0, 0.05) is 26.1 Å². The number of carbonyl (C=O) groups excluding carboxylic acids is 2. The van der Waals surface area contributed by atoms with Gasteiger partial charge in [0.25, 0.3) is 0 Å². The Balaban J connectivity index is 1.29. The smallest absolute Gasteiger partial charge is 0.231 e. The Kier molecular flexibility index (Phi) is 7.98. The summed E-state index contributed by atoms with van der Waals surface area (Å²) >= 11 is 0. The van der Waals surface area contributed by atoms with Crippen LogP contribution in [-0.4, -0.2) is 29.8 Å². The van der Waals surface area contributed by atoms with Crippen molar-refractivity contribution in [2.45, 2.75) is 37.6 Å². The number of nitrogens with zero attached hydrogens (tertiary/aromatic N) is 1. The molecule has 1 aliphatic heterocycles. The fourth-order valence-electron chi connectivity index (χ4n) is 5.51. The van der Waals surface area contributed by atoms with Crippen LogP contribution in [0, 0.1) is 0 Å². The number of benzene rings is 4. The molecule has 1 fully saturated rings. The predicted octanol–water partition coefficient (Wildman–Crippen LogP) is 6.16. The third kappa shape index (κ3) is 5.70. The normalized spacial score (nSPS) is 14.6. The molecule has 1 saturated heterocycles. The van der Waals surface area contributed by atoms with Crippen molar-refractivity contribution in [3.05, 3.63) is 132 Å². The quantitative estimate of drug-likeness (QED) is 0.314. The minimum absolute atomic E-state index is 0.0305. The fourth-order valence-corrected chi connectivity index (χ4v) is 5.51. The van der Waals surface area contributed by atoms with Gasteiger partial charge in [0.15, 0.2) is 0 Å². The summed E-state index contributed by atoms with van der Waals surface area (Å²) in [6.45, 7) is 1.62. The standard InChI is InChI=1S/C34H34N2O2/c37-32(21-20-27-12-4-1-5-13-27)36-24-22-34(23-25-36,30-17-8-3-9-18-30)33(38)35-26-29-16-10-11-19-31(29)28-14-6-2-7-15-28/h1-19H,20-26H2,(H,35,38). The summed E-state index contributed by atoms with van der Waals surface area (Å²) in [4.78, 5) is 28.8. The largest absolute Gasteiger partial charge is 0.351 e. The Morgan fingerprint density at radius 3 is 1.97 bits per heavy atom. The number of carbonyl (C=O) groups is 2. The molecule has 0 bridgehead atoms. The molecule has 0 atom stereocenters. The molecule has 4 aromatic rings. The first kappa shape index (κ1) is 25.5. The van der Waals surface area contributed by atoms with Crippen LogP contribution < -0.4 is 5.32 Å². The van der Waals surface area contributed by atoms with E-state index in [0.717, 1.165) is 28.7 Å². The number of hydrogen-bond acceptors (Lipinski definition) is 2. The molecule has 2 amide bonds. The summed E-state index contributed by atoms with van der Waals surface area (Å²) in [5, 5.41) is 3.27. The van der Waals surface area contributed by atoms with Crippen molar-refractivity contribution in [1.29, 1.82) is 0 Å². The van der Waals surface area contributed by atoms with E-state index in [0.29, 0.717) is 38.9 Å². The monoisotopic (exact) mass is 502 g/mol. The van der Waals surface area contributed by atoms with Gasteiger partial charge in [0.05, 0.1) is 5.41 Å². The number of aryl methyl sites for hydroxylation is 1. The highest BCUT2D eigenvalue weighted by Gasteiger charge is 2.43. The van der Waals surface area contributed by atoms with E-state index in [9.17, 15) is 9.59 Å². The van der Waals surface area contributed by atoms with Gasteiger partial charge in [0.1, 0.15) is 0 Å². The Labute approximate surface area is 225 Å². The lowest BCUT2D eigenvalue weighted by molar-refractivity contribution is -0.137. The van der Waals surface area contributed by atoms with Crippen LogP contribution in [0.25, 0.3) is 11.1 Å². The highest BCUT2D eigenvalue weighted by Crippen LogP contribution is 2.36. The zero-order valence-corrected chi connectivity index (χ0v) is 21.7. The predicted molar refractivity (Wildman–Crippen MR) is 152 cm³/mol. The maximum absolute atomic E-state index is 13.9. The van der Waals surface area contributed by atoms with Gasteiger partial charge in [-0.3, -0.25) is 9.59 Å². The summed E-state index contributed by atoms with van der Waals surface area (Å²) in [6, 6.07) is 38.7. The van der Waals surface area contributed by atoms with Crippen molar-refractivity contribution in [3.8, 4) is 11.1 Å². The molecule has 4 nitrogen and oxygen atoms in total. The van der Waals surface area contributed by atoms with Crippen molar-refractivity contribution in [2.75, 3.05) is 13.1 Å². The van der Waals surface area contributed by atoms with Crippen LogP contribution in [-0.2, 0) is 28.0 Å². The lowest BCUT2D eigenvalue weighted by Gasteiger charge is -2.41. The minimum atomic E-state index is -0.654. The molecule has 192 valence electrons. The molecule has 1 N–H and O–H groups in total. The van der Waals surface area contributed by atoms with Crippen LogP contribution in [0.2, 0.25) is 0 Å². The summed E-state index contributed by atoms with van der Waals surface area (Å²) in [5.74, 6) is 0.190. The van der Waals surface area contributed by atoms with E-state index in [1.165, 1.54) is 5.56 Å². The first-order valence-corrected chi connectivity index (χ1v) is 13.4. The van der Waals surface area contributed by atoms with Crippen LogP contribution in [0.4, 0.5) is 0 Å². The van der Waals surface area contributed by atoms with Gasteiger partial charge >= 0.3 is 0 Å². The van der Waals surface area contributed by atoms with E-state index in [4.69, 9.17) is 0 Å². The van der Waals surface area contributed by atoms with Crippen molar-refractivity contribution in [2.24, 2.45) is 0 Å². The second-order valence-corrected chi connectivity index (χ2v) is 10.0. The Morgan fingerprint density at radius 1 is 0.711 bits per heavy atom. The topological polar surface area (TPSA) is 49.4 Å². The molecular weight excluding hydrogens is 468 g/mol. The highest BCUT2D eigenvalue weighted by atomic mass is 16.2. The number of likely N-dealkylation sites (tertiary alicyclic amines) is 1. The van der Waals surface area contributed by atoms with Crippen LogP contribution >= 0.6 is 0 Å². The van der Waals surface area contributed by atoms with Gasteiger partial charge in [-0.05, 0) is 47.1 Å². The van der Waals surface area contributed by atoms with Gasteiger partial charge in [-0.2, -0.15) is 0 Å². The highest BCUT2D eigenvalue weighted by molar-refractivity contribution is 5.89. The van der Waals surface area contributed by atoms with E-state index in [1.54, 1.807) is 0 Å². The molecule has 0 spiro atoms. The SMILES string of the molecule is O=C(CCc1ccccc1)N1CCC(C(=O)NCc2ccccc2-c2ccccc2)(c2ccccc2)CC1. The second kappa shape index (κ2) is 11.9. The number of piperidine rings is 1. The molecule has 0 radical (unpaired) electrons. The maximum Gasteiger partial charge on any atom is 0.231 e. The summed E-state index contributed by atoms with van der Waals surface area (Å²) in [5.41, 5.74) is 4.89. The molecule has 5 rings (SSSR count). The van der Waals surface area contributed by atoms with Crippen LogP contribution in [0.5, 0.6) is 0 Å². The van der Waals surface area contributed by atoms with Gasteiger partial charge < -0.3 is 10.2 Å². The lowest BCUT2D eigenvalue weighted by Crippen LogP contribution is -2.52. The van der Waals surface area contributed by atoms with E-state index in [2.05, 4.69) is 41.7 Å². The third-order valence-corrected chi connectivity index (χ3v) is 7.74. The molecule has 1 aliphatic rings. The van der Waals surface area contributed by atoms with Crippen molar-refractivity contribution < 1.29 is 9.59 Å². The molecular formula is C34H34N2O2. The molecule has 0 unspecified atom stereocenters. The fraction of sp³-hybridized carbons (Fsp3) is 0.235. The zero-order valence-electron chi connectivity index (χ0n) is 21.7. The Bertz CT molecular complexity index is 1350. The first-order valence-electron chi connectivity index (χ1n) is 13.4. The van der Waals surface area contributed by atoms with Gasteiger partial charge in [-0.1, -0.05) is 115 Å². The van der Waals surface area contributed by atoms with Crippen LogP contribution in [0.15, 0.2) is 115 Å². The molecule has 0 aromatic heterocycles. The number of rotatable bonds is 8. The molecule has 4 heteroatoms. The molecule has 38 heavy (non-hydrogen) atoms. The first-order chi connectivity index (χ1) is 18.7. The Hall–Kier alpha value is -4.18. The number of nitrogens with one attached hydrogen (secondary N) is 1. The maximum atomic E-state index is 13.9. The summed E-state index contributed by atoms with van der Waals surface area (Å²) in [6.07, 6.45) is 2.45. The number of hydrogen-bond donors (Lipinski definition) is 1. The lowest BCUT2D eigenvalue weighted by atomic mass is 9.72. The van der Waals surface area contributed by atoms with E-state index >= 15 is 0 Å². The second-order valence-electron chi connectivity index (χ2n) is 10.0. The third-order valence-electron chi connectivity index (χ3n) is 7.74. The van der Waals surface area contributed by atoms with Crippen molar-refractivity contribution in [1.82, 2.24) is 10.2 Å². The molecule has 1 heterocycles. The van der Waals surface area contributed by atoms with Gasteiger partial charge in [-0.25, -0.2) is 0 Å². The van der Waals surface area contributed by atoms with Gasteiger partial charge in [0.2, 0.25) is 11.8 Å². The summed E-state index contributed by atoms with van der Waals surface area (Å²) < 4.78 is 0. The molecule has 0 aliphatic carbocycles.